The molecule has 2 amide bonds. The van der Waals surface area contributed by atoms with Crippen LogP contribution in [0.5, 0.6) is 0 Å². The maximum Gasteiger partial charge on any atom is 0.414 e. The molecule has 4 rings (SSSR count). The van der Waals surface area contributed by atoms with Crippen LogP contribution in [-0.4, -0.2) is 45.6 Å². The fourth-order valence-electron chi connectivity index (χ4n) is 4.21. The van der Waals surface area contributed by atoms with E-state index in [1.807, 2.05) is 63.7 Å². The molecule has 0 radical (unpaired) electrons. The van der Waals surface area contributed by atoms with Crippen LogP contribution in [-0.2, 0) is 16.1 Å². The molecule has 0 aliphatic carbocycles. The Morgan fingerprint density at radius 3 is 2.61 bits per heavy atom. The zero-order chi connectivity index (χ0) is 23.9. The molecule has 2 aromatic heterocycles. The Morgan fingerprint density at radius 1 is 1.21 bits per heavy atom. The Bertz CT molecular complexity index is 1180. The molecular formula is C24H29N5O4. The van der Waals surface area contributed by atoms with Crippen LogP contribution < -0.4 is 9.80 Å². The van der Waals surface area contributed by atoms with E-state index in [0.29, 0.717) is 24.5 Å². The number of hydrogen-bond donors (Lipinski definition) is 0. The van der Waals surface area contributed by atoms with Crippen LogP contribution >= 0.6 is 0 Å². The number of amides is 2. The molecule has 1 atom stereocenters. The van der Waals surface area contributed by atoms with E-state index in [0.717, 1.165) is 28.1 Å². The van der Waals surface area contributed by atoms with Gasteiger partial charge in [0.15, 0.2) is 0 Å². The number of ether oxygens (including phenoxy) is 1. The molecule has 33 heavy (non-hydrogen) atoms. The molecule has 0 unspecified atom stereocenters. The SMILES string of the molecule is CC(=O)N1c2ccc(-c3cnn(Cc4c(C)noc4C)c3)cc2N(C(=O)OC(C)C)C[C@@H]1C. The third-order valence-electron chi connectivity index (χ3n) is 5.78. The van der Waals surface area contributed by atoms with Gasteiger partial charge in [-0.25, -0.2) is 4.79 Å². The third kappa shape index (κ3) is 4.35. The van der Waals surface area contributed by atoms with Crippen molar-refractivity contribution in [3.63, 3.8) is 0 Å². The van der Waals surface area contributed by atoms with Gasteiger partial charge in [-0.2, -0.15) is 5.10 Å². The zero-order valence-corrected chi connectivity index (χ0v) is 19.8. The second-order valence-corrected chi connectivity index (χ2v) is 8.71. The molecule has 3 heterocycles. The number of aryl methyl sites for hydroxylation is 2. The van der Waals surface area contributed by atoms with Crippen LogP contribution in [0, 0.1) is 13.8 Å². The van der Waals surface area contributed by atoms with Gasteiger partial charge in [0.25, 0.3) is 0 Å². The van der Waals surface area contributed by atoms with E-state index >= 15 is 0 Å². The molecule has 1 aliphatic rings. The lowest BCUT2D eigenvalue weighted by Gasteiger charge is -2.40. The van der Waals surface area contributed by atoms with Crippen molar-refractivity contribution in [2.45, 2.75) is 60.2 Å². The van der Waals surface area contributed by atoms with Gasteiger partial charge in [0, 0.05) is 30.8 Å². The molecule has 3 aromatic rings. The lowest BCUT2D eigenvalue weighted by molar-refractivity contribution is -0.117. The summed E-state index contributed by atoms with van der Waals surface area (Å²) in [7, 11) is 0. The first-order chi connectivity index (χ1) is 15.7. The average Bonchev–Trinajstić information content (AvgIpc) is 3.34. The Kier molecular flexibility index (Phi) is 5.97. The average molecular weight is 452 g/mol. The monoisotopic (exact) mass is 451 g/mol. The van der Waals surface area contributed by atoms with Crippen LogP contribution in [0.25, 0.3) is 11.1 Å². The summed E-state index contributed by atoms with van der Waals surface area (Å²) in [6, 6.07) is 5.56. The van der Waals surface area contributed by atoms with Crippen molar-refractivity contribution in [1.82, 2.24) is 14.9 Å². The summed E-state index contributed by atoms with van der Waals surface area (Å²) in [5.41, 5.74) is 4.97. The number of aromatic nitrogens is 3. The normalized spacial score (nSPS) is 15.7. The highest BCUT2D eigenvalue weighted by molar-refractivity contribution is 6.03. The van der Waals surface area contributed by atoms with Crippen LogP contribution in [0.15, 0.2) is 35.1 Å². The Labute approximate surface area is 192 Å². The maximum atomic E-state index is 12.9. The molecule has 0 bridgehead atoms. The molecule has 0 saturated heterocycles. The Hall–Kier alpha value is -3.62. The highest BCUT2D eigenvalue weighted by Gasteiger charge is 2.34. The molecule has 0 spiro atoms. The van der Waals surface area contributed by atoms with E-state index in [9.17, 15) is 9.59 Å². The van der Waals surface area contributed by atoms with E-state index < -0.39 is 6.09 Å². The number of benzene rings is 1. The second-order valence-electron chi connectivity index (χ2n) is 8.71. The van der Waals surface area contributed by atoms with E-state index in [4.69, 9.17) is 9.26 Å². The smallest absolute Gasteiger partial charge is 0.414 e. The van der Waals surface area contributed by atoms with Gasteiger partial charge >= 0.3 is 6.09 Å². The summed E-state index contributed by atoms with van der Waals surface area (Å²) >= 11 is 0. The predicted octanol–water partition coefficient (Wildman–Crippen LogP) is 4.31. The van der Waals surface area contributed by atoms with Gasteiger partial charge in [0.1, 0.15) is 5.76 Å². The summed E-state index contributed by atoms with van der Waals surface area (Å²) in [5, 5.41) is 8.49. The molecular weight excluding hydrogens is 422 g/mol. The minimum absolute atomic E-state index is 0.0688. The topological polar surface area (TPSA) is 93.7 Å². The highest BCUT2D eigenvalue weighted by Crippen LogP contribution is 2.39. The summed E-state index contributed by atoms with van der Waals surface area (Å²) in [4.78, 5) is 28.5. The van der Waals surface area contributed by atoms with Crippen molar-refractivity contribution < 1.29 is 18.8 Å². The molecule has 0 N–H and O–H groups in total. The van der Waals surface area contributed by atoms with Gasteiger partial charge in [0.05, 0.1) is 42.0 Å². The minimum atomic E-state index is -0.424. The van der Waals surface area contributed by atoms with Gasteiger partial charge in [-0.05, 0) is 52.3 Å². The van der Waals surface area contributed by atoms with Crippen molar-refractivity contribution in [2.24, 2.45) is 0 Å². The predicted molar refractivity (Wildman–Crippen MR) is 124 cm³/mol. The first-order valence-corrected chi connectivity index (χ1v) is 11.0. The summed E-state index contributed by atoms with van der Waals surface area (Å²) < 4.78 is 12.6. The van der Waals surface area contributed by atoms with E-state index in [2.05, 4.69) is 10.3 Å². The minimum Gasteiger partial charge on any atom is -0.446 e. The number of carbonyl (C=O) groups is 2. The third-order valence-corrected chi connectivity index (χ3v) is 5.78. The summed E-state index contributed by atoms with van der Waals surface area (Å²) in [6.45, 7) is 11.8. The fraction of sp³-hybridized carbons (Fsp3) is 0.417. The van der Waals surface area contributed by atoms with Crippen molar-refractivity contribution in [2.75, 3.05) is 16.3 Å². The van der Waals surface area contributed by atoms with E-state index in [1.54, 1.807) is 16.0 Å². The molecule has 9 nitrogen and oxygen atoms in total. The summed E-state index contributed by atoms with van der Waals surface area (Å²) in [5.74, 6) is 0.705. The Morgan fingerprint density at radius 2 is 1.97 bits per heavy atom. The first-order valence-electron chi connectivity index (χ1n) is 11.0. The van der Waals surface area contributed by atoms with Crippen molar-refractivity contribution in [3.8, 4) is 11.1 Å². The van der Waals surface area contributed by atoms with Crippen molar-refractivity contribution in [3.05, 3.63) is 47.6 Å². The van der Waals surface area contributed by atoms with Gasteiger partial charge in [-0.15, -0.1) is 0 Å². The number of hydrogen-bond acceptors (Lipinski definition) is 6. The first kappa shape index (κ1) is 22.6. The largest absolute Gasteiger partial charge is 0.446 e. The van der Waals surface area contributed by atoms with Gasteiger partial charge in [-0.1, -0.05) is 11.2 Å². The quantitative estimate of drug-likeness (QED) is 0.587. The van der Waals surface area contributed by atoms with Gasteiger partial charge in [0.2, 0.25) is 5.91 Å². The van der Waals surface area contributed by atoms with E-state index in [-0.39, 0.29) is 18.1 Å². The molecule has 174 valence electrons. The standard InChI is InChI=1S/C24H29N5O4/c1-14(2)32-24(31)28-11-15(3)29(18(6)30)22-8-7-19(9-23(22)28)20-10-25-27(12-20)13-21-16(4)26-33-17(21)5/h7-10,12,14-15H,11,13H2,1-6H3/t15-/m0/s1. The second kappa shape index (κ2) is 8.73. The van der Waals surface area contributed by atoms with Gasteiger partial charge < -0.3 is 14.2 Å². The van der Waals surface area contributed by atoms with Crippen LogP contribution in [0.2, 0.25) is 0 Å². The Balaban J connectivity index is 1.70. The van der Waals surface area contributed by atoms with E-state index in [1.165, 1.54) is 6.92 Å². The van der Waals surface area contributed by atoms with Crippen LogP contribution in [0.3, 0.4) is 0 Å². The molecule has 1 aromatic carbocycles. The van der Waals surface area contributed by atoms with Crippen molar-refractivity contribution >= 4 is 23.4 Å². The van der Waals surface area contributed by atoms with Crippen LogP contribution in [0.1, 0.15) is 44.7 Å². The molecule has 0 saturated carbocycles. The molecule has 1 aliphatic heterocycles. The highest BCUT2D eigenvalue weighted by atomic mass is 16.6. The number of rotatable bonds is 4. The maximum absolute atomic E-state index is 12.9. The summed E-state index contributed by atoms with van der Waals surface area (Å²) in [6.07, 6.45) is 3.06. The lowest BCUT2D eigenvalue weighted by atomic mass is 10.0. The molecule has 9 heteroatoms. The number of carbonyl (C=O) groups excluding carboxylic acids is 2. The van der Waals surface area contributed by atoms with Crippen molar-refractivity contribution in [1.29, 1.82) is 0 Å². The van der Waals surface area contributed by atoms with Crippen LogP contribution in [0.4, 0.5) is 16.2 Å². The zero-order valence-electron chi connectivity index (χ0n) is 19.8. The molecule has 0 fully saturated rings. The van der Waals surface area contributed by atoms with Gasteiger partial charge in [-0.3, -0.25) is 14.4 Å². The lowest BCUT2D eigenvalue weighted by Crippen LogP contribution is -2.51. The fourth-order valence-corrected chi connectivity index (χ4v) is 4.21. The number of fused-ring (bicyclic) bond motifs is 1. The number of anilines is 2. The number of nitrogens with zero attached hydrogens (tertiary/aromatic N) is 5.